The monoisotopic (exact) mass is 233 g/mol. The number of anilines is 4. The Morgan fingerprint density at radius 1 is 1.24 bits per heavy atom. The number of benzene rings is 1. The summed E-state index contributed by atoms with van der Waals surface area (Å²) < 4.78 is 13.4. The zero-order valence-electron chi connectivity index (χ0n) is 9.24. The van der Waals surface area contributed by atoms with E-state index in [0.717, 1.165) is 0 Å². The van der Waals surface area contributed by atoms with Crippen molar-refractivity contribution < 1.29 is 4.39 Å². The van der Waals surface area contributed by atoms with Crippen LogP contribution in [0, 0.1) is 5.82 Å². The van der Waals surface area contributed by atoms with Gasteiger partial charge < -0.3 is 16.4 Å². The lowest BCUT2D eigenvalue weighted by molar-refractivity contribution is 0.632. The Bertz CT molecular complexity index is 529. The molecular formula is C11H12FN5. The molecule has 0 unspecified atom stereocenters. The van der Waals surface area contributed by atoms with Gasteiger partial charge in [-0.15, -0.1) is 0 Å². The molecule has 0 saturated carbocycles. The second-order valence-corrected chi connectivity index (χ2v) is 3.36. The molecule has 6 heteroatoms. The first-order valence-corrected chi connectivity index (χ1v) is 5.03. The SMILES string of the molecule is CNc1nc(N)cc(Nc2ccccc2F)n1. The topological polar surface area (TPSA) is 75.9 Å². The van der Waals surface area contributed by atoms with Gasteiger partial charge >= 0.3 is 0 Å². The highest BCUT2D eigenvalue weighted by molar-refractivity contribution is 5.60. The van der Waals surface area contributed by atoms with Crippen molar-refractivity contribution in [3.8, 4) is 0 Å². The van der Waals surface area contributed by atoms with Crippen LogP contribution in [-0.2, 0) is 0 Å². The molecule has 0 bridgehead atoms. The van der Waals surface area contributed by atoms with Gasteiger partial charge in [0.25, 0.3) is 0 Å². The predicted molar refractivity (Wildman–Crippen MR) is 65.7 cm³/mol. The molecule has 4 N–H and O–H groups in total. The van der Waals surface area contributed by atoms with Gasteiger partial charge in [-0.25, -0.2) is 4.39 Å². The molecule has 0 atom stereocenters. The Labute approximate surface area is 97.9 Å². The molecule has 0 aliphatic carbocycles. The molecule has 0 aliphatic rings. The van der Waals surface area contributed by atoms with Gasteiger partial charge in [-0.1, -0.05) is 12.1 Å². The van der Waals surface area contributed by atoms with E-state index in [1.54, 1.807) is 25.2 Å². The van der Waals surface area contributed by atoms with Gasteiger partial charge in [0.2, 0.25) is 5.95 Å². The third-order valence-corrected chi connectivity index (χ3v) is 2.11. The van der Waals surface area contributed by atoms with Crippen molar-refractivity contribution in [1.82, 2.24) is 9.97 Å². The van der Waals surface area contributed by atoms with Gasteiger partial charge in [-0.3, -0.25) is 0 Å². The van der Waals surface area contributed by atoms with E-state index >= 15 is 0 Å². The van der Waals surface area contributed by atoms with Gasteiger partial charge in [-0.05, 0) is 12.1 Å². The lowest BCUT2D eigenvalue weighted by atomic mass is 10.3. The van der Waals surface area contributed by atoms with E-state index in [-0.39, 0.29) is 5.82 Å². The highest BCUT2D eigenvalue weighted by Gasteiger charge is 2.04. The Balaban J connectivity index is 2.30. The van der Waals surface area contributed by atoms with Gasteiger partial charge in [0, 0.05) is 13.1 Å². The fourth-order valence-corrected chi connectivity index (χ4v) is 1.34. The summed E-state index contributed by atoms with van der Waals surface area (Å²) >= 11 is 0. The third kappa shape index (κ3) is 2.60. The van der Waals surface area contributed by atoms with E-state index in [0.29, 0.717) is 23.3 Å². The van der Waals surface area contributed by atoms with Crippen molar-refractivity contribution in [3.05, 3.63) is 36.1 Å². The number of hydrogen-bond donors (Lipinski definition) is 3. The molecule has 2 aromatic rings. The zero-order chi connectivity index (χ0) is 12.3. The number of nitrogens with two attached hydrogens (primary N) is 1. The van der Waals surface area contributed by atoms with Crippen LogP contribution in [0.25, 0.3) is 0 Å². The van der Waals surface area contributed by atoms with Gasteiger partial charge in [0.15, 0.2) is 0 Å². The van der Waals surface area contributed by atoms with Crippen molar-refractivity contribution >= 4 is 23.3 Å². The Morgan fingerprint density at radius 2 is 2.00 bits per heavy atom. The molecule has 1 heterocycles. The molecule has 1 aromatic carbocycles. The third-order valence-electron chi connectivity index (χ3n) is 2.11. The summed E-state index contributed by atoms with van der Waals surface area (Å²) in [5.41, 5.74) is 5.94. The highest BCUT2D eigenvalue weighted by Crippen LogP contribution is 2.19. The molecule has 0 amide bonds. The Hall–Kier alpha value is -2.37. The Morgan fingerprint density at radius 3 is 2.71 bits per heavy atom. The minimum Gasteiger partial charge on any atom is -0.383 e. The molecule has 88 valence electrons. The van der Waals surface area contributed by atoms with Crippen molar-refractivity contribution in [2.75, 3.05) is 23.4 Å². The standard InChI is InChI=1S/C11H12FN5/c1-14-11-16-9(13)6-10(17-11)15-8-5-3-2-4-7(8)12/h2-6H,1H3,(H4,13,14,15,16,17). The van der Waals surface area contributed by atoms with Crippen LogP contribution in [0.15, 0.2) is 30.3 Å². The molecule has 0 aliphatic heterocycles. The van der Waals surface area contributed by atoms with Gasteiger partial charge in [0.05, 0.1) is 5.69 Å². The quantitative estimate of drug-likeness (QED) is 0.755. The summed E-state index contributed by atoms with van der Waals surface area (Å²) in [4.78, 5) is 8.05. The Kier molecular flexibility index (Phi) is 3.04. The van der Waals surface area contributed by atoms with Gasteiger partial charge in [0.1, 0.15) is 17.5 Å². The van der Waals surface area contributed by atoms with Crippen LogP contribution in [-0.4, -0.2) is 17.0 Å². The molecule has 0 radical (unpaired) electrons. The summed E-state index contributed by atoms with van der Waals surface area (Å²) in [6, 6.07) is 7.87. The molecule has 0 saturated heterocycles. The van der Waals surface area contributed by atoms with Crippen molar-refractivity contribution in [1.29, 1.82) is 0 Å². The maximum absolute atomic E-state index is 13.4. The average molecular weight is 233 g/mol. The summed E-state index contributed by atoms with van der Waals surface area (Å²) in [6.45, 7) is 0. The normalized spacial score (nSPS) is 10.0. The summed E-state index contributed by atoms with van der Waals surface area (Å²) in [5, 5.41) is 5.61. The number of hydrogen-bond acceptors (Lipinski definition) is 5. The zero-order valence-corrected chi connectivity index (χ0v) is 9.24. The molecule has 0 fully saturated rings. The summed E-state index contributed by atoms with van der Waals surface area (Å²) in [6.07, 6.45) is 0. The van der Waals surface area contributed by atoms with Crippen LogP contribution in [0.4, 0.5) is 27.7 Å². The molecule has 17 heavy (non-hydrogen) atoms. The van der Waals surface area contributed by atoms with Crippen LogP contribution >= 0.6 is 0 Å². The largest absolute Gasteiger partial charge is 0.383 e. The van der Waals surface area contributed by atoms with Crippen molar-refractivity contribution in [2.24, 2.45) is 0 Å². The second-order valence-electron chi connectivity index (χ2n) is 3.36. The predicted octanol–water partition coefficient (Wildman–Crippen LogP) is 1.98. The van der Waals surface area contributed by atoms with Crippen LogP contribution < -0.4 is 16.4 Å². The van der Waals surface area contributed by atoms with Crippen LogP contribution in [0.3, 0.4) is 0 Å². The fourth-order valence-electron chi connectivity index (χ4n) is 1.34. The van der Waals surface area contributed by atoms with E-state index in [2.05, 4.69) is 20.6 Å². The minimum absolute atomic E-state index is 0.309. The summed E-state index contributed by atoms with van der Waals surface area (Å²) in [7, 11) is 1.68. The van der Waals surface area contributed by atoms with Crippen molar-refractivity contribution in [3.63, 3.8) is 0 Å². The first kappa shape index (κ1) is 11.1. The lowest BCUT2D eigenvalue weighted by Gasteiger charge is -2.08. The fraction of sp³-hybridized carbons (Fsp3) is 0.0909. The number of aromatic nitrogens is 2. The van der Waals surface area contributed by atoms with E-state index in [4.69, 9.17) is 5.73 Å². The number of rotatable bonds is 3. The maximum atomic E-state index is 13.4. The first-order valence-electron chi connectivity index (χ1n) is 5.03. The first-order chi connectivity index (χ1) is 8.19. The molecular weight excluding hydrogens is 221 g/mol. The lowest BCUT2D eigenvalue weighted by Crippen LogP contribution is -2.04. The highest BCUT2D eigenvalue weighted by atomic mass is 19.1. The van der Waals surface area contributed by atoms with E-state index in [1.807, 2.05) is 0 Å². The number of nitrogen functional groups attached to an aromatic ring is 1. The number of nitrogens with zero attached hydrogens (tertiary/aromatic N) is 2. The number of para-hydroxylation sites is 1. The second kappa shape index (κ2) is 4.65. The molecule has 5 nitrogen and oxygen atoms in total. The van der Waals surface area contributed by atoms with E-state index in [1.165, 1.54) is 12.1 Å². The smallest absolute Gasteiger partial charge is 0.226 e. The minimum atomic E-state index is -0.351. The van der Waals surface area contributed by atoms with Crippen LogP contribution in [0.5, 0.6) is 0 Å². The van der Waals surface area contributed by atoms with Crippen LogP contribution in [0.2, 0.25) is 0 Å². The average Bonchev–Trinajstić information content (AvgIpc) is 2.31. The van der Waals surface area contributed by atoms with E-state index < -0.39 is 0 Å². The molecule has 0 spiro atoms. The van der Waals surface area contributed by atoms with Gasteiger partial charge in [-0.2, -0.15) is 9.97 Å². The number of nitrogens with one attached hydrogen (secondary N) is 2. The molecule has 2 rings (SSSR count). The number of halogens is 1. The van der Waals surface area contributed by atoms with E-state index in [9.17, 15) is 4.39 Å². The van der Waals surface area contributed by atoms with Crippen LogP contribution in [0.1, 0.15) is 0 Å². The maximum Gasteiger partial charge on any atom is 0.226 e. The molecule has 1 aromatic heterocycles. The van der Waals surface area contributed by atoms with Crippen molar-refractivity contribution in [2.45, 2.75) is 0 Å². The summed E-state index contributed by atoms with van der Waals surface area (Å²) in [5.74, 6) is 0.773.